The first-order chi connectivity index (χ1) is 11.4. The van der Waals surface area contributed by atoms with Gasteiger partial charge in [0.25, 0.3) is 5.91 Å². The molecule has 0 spiro atoms. The summed E-state index contributed by atoms with van der Waals surface area (Å²) in [4.78, 5) is 24.3. The molecule has 1 aliphatic rings. The predicted molar refractivity (Wildman–Crippen MR) is 87.8 cm³/mol. The minimum absolute atomic E-state index is 0.394. The molecule has 2 rings (SSSR count). The Morgan fingerprint density at radius 2 is 1.83 bits per heavy atom. The fraction of sp³-hybridized carbons (Fsp3) is 0.438. The van der Waals surface area contributed by atoms with Gasteiger partial charge in [-0.3, -0.25) is 4.79 Å². The van der Waals surface area contributed by atoms with Crippen LogP contribution in [0.1, 0.15) is 25.8 Å². The van der Waals surface area contributed by atoms with Gasteiger partial charge < -0.3 is 19.5 Å². The molecule has 1 saturated heterocycles. The van der Waals surface area contributed by atoms with Gasteiger partial charge in [-0.05, 0) is 25.5 Å². The van der Waals surface area contributed by atoms with Crippen LogP contribution in [0.3, 0.4) is 0 Å². The van der Waals surface area contributed by atoms with Crippen molar-refractivity contribution in [2.24, 2.45) is 5.10 Å². The van der Waals surface area contributed by atoms with Crippen molar-refractivity contribution >= 4 is 18.2 Å². The van der Waals surface area contributed by atoms with Gasteiger partial charge >= 0.3 is 6.03 Å². The van der Waals surface area contributed by atoms with Crippen molar-refractivity contribution < 1.29 is 23.8 Å². The van der Waals surface area contributed by atoms with E-state index in [9.17, 15) is 9.59 Å². The van der Waals surface area contributed by atoms with Gasteiger partial charge in [-0.25, -0.2) is 4.79 Å². The zero-order valence-electron chi connectivity index (χ0n) is 14.4. The number of amides is 3. The highest BCUT2D eigenvalue weighted by Crippen LogP contribution is 2.39. The van der Waals surface area contributed by atoms with Crippen molar-refractivity contribution in [3.63, 3.8) is 0 Å². The molecule has 1 atom stereocenters. The van der Waals surface area contributed by atoms with Crippen molar-refractivity contribution in [3.8, 4) is 17.2 Å². The molecule has 0 radical (unpaired) electrons. The quantitative estimate of drug-likeness (QED) is 0.632. The van der Waals surface area contributed by atoms with Crippen LogP contribution in [0.15, 0.2) is 17.2 Å². The molecule has 3 amide bonds. The standard InChI is InChI=1S/C16H21N3O5/c1-6-16(2)14(20)19(15(21)18-16)17-9-10-7-8-11(22-3)13(24-5)12(10)23-4/h7-9H,6H2,1-5H3,(H,18,21). The number of imide groups is 1. The maximum Gasteiger partial charge on any atom is 0.346 e. The fourth-order valence-electron chi connectivity index (χ4n) is 2.36. The van der Waals surface area contributed by atoms with Crippen molar-refractivity contribution in [2.75, 3.05) is 21.3 Å². The summed E-state index contributed by atoms with van der Waals surface area (Å²) >= 11 is 0. The number of benzene rings is 1. The number of nitrogens with one attached hydrogen (secondary N) is 1. The lowest BCUT2D eigenvalue weighted by Crippen LogP contribution is -2.42. The molecule has 130 valence electrons. The Balaban J connectivity index is 2.36. The van der Waals surface area contributed by atoms with E-state index in [4.69, 9.17) is 14.2 Å². The Bertz CT molecular complexity index is 689. The summed E-state index contributed by atoms with van der Waals surface area (Å²) in [6, 6.07) is 2.83. The van der Waals surface area contributed by atoms with Crippen molar-refractivity contribution in [1.82, 2.24) is 10.3 Å². The van der Waals surface area contributed by atoms with Gasteiger partial charge in [-0.15, -0.1) is 5.01 Å². The number of methoxy groups -OCH3 is 3. The molecule has 1 fully saturated rings. The lowest BCUT2D eigenvalue weighted by atomic mass is 10.00. The van der Waals surface area contributed by atoms with Crippen LogP contribution in [0, 0.1) is 0 Å². The van der Waals surface area contributed by atoms with Crippen LogP contribution in [0.5, 0.6) is 17.2 Å². The topological polar surface area (TPSA) is 89.5 Å². The predicted octanol–water partition coefficient (Wildman–Crippen LogP) is 1.77. The number of carbonyl (C=O) groups is 2. The van der Waals surface area contributed by atoms with Gasteiger partial charge in [0.15, 0.2) is 11.5 Å². The third-order valence-corrected chi connectivity index (χ3v) is 3.99. The SMILES string of the molecule is CCC1(C)NC(=O)N(N=Cc2ccc(OC)c(OC)c2OC)C1=O. The zero-order chi connectivity index (χ0) is 17.9. The number of rotatable bonds is 6. The average Bonchev–Trinajstić information content (AvgIpc) is 2.81. The van der Waals surface area contributed by atoms with E-state index in [2.05, 4.69) is 10.4 Å². The van der Waals surface area contributed by atoms with Crippen molar-refractivity contribution in [1.29, 1.82) is 0 Å². The molecular formula is C16H21N3O5. The molecule has 0 aromatic heterocycles. The molecule has 0 bridgehead atoms. The van der Waals surface area contributed by atoms with E-state index in [-0.39, 0.29) is 0 Å². The summed E-state index contributed by atoms with van der Waals surface area (Å²) < 4.78 is 15.8. The number of hydrogen-bond donors (Lipinski definition) is 1. The van der Waals surface area contributed by atoms with Crippen LogP contribution in [0.25, 0.3) is 0 Å². The maximum atomic E-state index is 12.3. The fourth-order valence-corrected chi connectivity index (χ4v) is 2.36. The van der Waals surface area contributed by atoms with E-state index in [1.54, 1.807) is 19.1 Å². The third-order valence-electron chi connectivity index (χ3n) is 3.99. The molecule has 0 aliphatic carbocycles. The van der Waals surface area contributed by atoms with E-state index in [1.165, 1.54) is 27.5 Å². The molecule has 1 unspecified atom stereocenters. The van der Waals surface area contributed by atoms with Gasteiger partial charge in [0, 0.05) is 5.56 Å². The smallest absolute Gasteiger partial charge is 0.346 e. The second-order valence-electron chi connectivity index (χ2n) is 5.40. The summed E-state index contributed by atoms with van der Waals surface area (Å²) in [5.41, 5.74) is -0.392. The molecular weight excluding hydrogens is 314 g/mol. The minimum atomic E-state index is -0.934. The second kappa shape index (κ2) is 6.77. The first-order valence-electron chi connectivity index (χ1n) is 7.41. The van der Waals surface area contributed by atoms with Crippen LogP contribution in [0.2, 0.25) is 0 Å². The number of carbonyl (C=O) groups excluding carboxylic acids is 2. The monoisotopic (exact) mass is 335 g/mol. The Morgan fingerprint density at radius 3 is 2.33 bits per heavy atom. The lowest BCUT2D eigenvalue weighted by Gasteiger charge is -2.17. The van der Waals surface area contributed by atoms with Gasteiger partial charge in [0.2, 0.25) is 5.75 Å². The summed E-state index contributed by atoms with van der Waals surface area (Å²) in [6.07, 6.45) is 1.85. The van der Waals surface area contributed by atoms with Crippen molar-refractivity contribution in [2.45, 2.75) is 25.8 Å². The first-order valence-corrected chi connectivity index (χ1v) is 7.41. The molecule has 8 heteroatoms. The van der Waals surface area contributed by atoms with E-state index in [1.807, 2.05) is 6.92 Å². The number of nitrogens with zero attached hydrogens (tertiary/aromatic N) is 2. The van der Waals surface area contributed by atoms with Gasteiger partial charge in [-0.1, -0.05) is 6.92 Å². The molecule has 24 heavy (non-hydrogen) atoms. The minimum Gasteiger partial charge on any atom is -0.493 e. The molecule has 1 N–H and O–H groups in total. The van der Waals surface area contributed by atoms with E-state index < -0.39 is 17.5 Å². The Labute approximate surface area is 140 Å². The van der Waals surface area contributed by atoms with Crippen LogP contribution in [0.4, 0.5) is 4.79 Å². The highest BCUT2D eigenvalue weighted by atomic mass is 16.5. The normalized spacial score (nSPS) is 20.5. The number of ether oxygens (including phenoxy) is 3. The lowest BCUT2D eigenvalue weighted by molar-refractivity contribution is -0.130. The largest absolute Gasteiger partial charge is 0.493 e. The first kappa shape index (κ1) is 17.6. The van der Waals surface area contributed by atoms with Gasteiger partial charge in [0.1, 0.15) is 5.54 Å². The van der Waals surface area contributed by atoms with E-state index in [0.717, 1.165) is 5.01 Å². The Kier molecular flexibility index (Phi) is 4.96. The highest BCUT2D eigenvalue weighted by Gasteiger charge is 2.46. The second-order valence-corrected chi connectivity index (χ2v) is 5.40. The highest BCUT2D eigenvalue weighted by molar-refractivity contribution is 6.07. The molecule has 0 saturated carbocycles. The summed E-state index contributed by atoms with van der Waals surface area (Å²) in [6.45, 7) is 3.49. The molecule has 1 aliphatic heterocycles. The van der Waals surface area contributed by atoms with Gasteiger partial charge in [0.05, 0.1) is 27.5 Å². The number of urea groups is 1. The van der Waals surface area contributed by atoms with Crippen LogP contribution in [-0.4, -0.2) is 50.0 Å². The summed E-state index contributed by atoms with van der Waals surface area (Å²) in [5, 5.41) is 7.46. The van der Waals surface area contributed by atoms with Crippen LogP contribution >= 0.6 is 0 Å². The molecule has 8 nitrogen and oxygen atoms in total. The van der Waals surface area contributed by atoms with Crippen molar-refractivity contribution in [3.05, 3.63) is 17.7 Å². The summed E-state index contributed by atoms with van der Waals surface area (Å²) in [7, 11) is 4.49. The van der Waals surface area contributed by atoms with Crippen LogP contribution < -0.4 is 19.5 Å². The van der Waals surface area contributed by atoms with E-state index in [0.29, 0.717) is 29.2 Å². The third kappa shape index (κ3) is 2.86. The Hall–Kier alpha value is -2.77. The molecule has 1 aromatic carbocycles. The maximum absolute atomic E-state index is 12.3. The number of hydrogen-bond acceptors (Lipinski definition) is 6. The van der Waals surface area contributed by atoms with E-state index >= 15 is 0 Å². The summed E-state index contributed by atoms with van der Waals surface area (Å²) in [5.74, 6) is 0.899. The molecule has 1 heterocycles. The number of hydrazone groups is 1. The van der Waals surface area contributed by atoms with Gasteiger partial charge in [-0.2, -0.15) is 5.10 Å². The zero-order valence-corrected chi connectivity index (χ0v) is 14.4. The average molecular weight is 335 g/mol. The van der Waals surface area contributed by atoms with Crippen LogP contribution in [-0.2, 0) is 4.79 Å². The Morgan fingerprint density at radius 1 is 1.17 bits per heavy atom. The molecule has 1 aromatic rings.